The van der Waals surface area contributed by atoms with Crippen LogP contribution in [0.5, 0.6) is 0 Å². The quantitative estimate of drug-likeness (QED) is 0.426. The summed E-state index contributed by atoms with van der Waals surface area (Å²) in [4.78, 5) is 21.2. The predicted octanol–water partition coefficient (Wildman–Crippen LogP) is -3.77. The third kappa shape index (κ3) is 6.43. The van der Waals surface area contributed by atoms with Crippen molar-refractivity contribution in [3.8, 4) is 0 Å². The second kappa shape index (κ2) is 8.25. The van der Waals surface area contributed by atoms with Gasteiger partial charge in [0.05, 0.1) is 0 Å². The molecule has 0 aliphatic carbocycles. The van der Waals surface area contributed by atoms with Gasteiger partial charge in [-0.05, 0) is 5.56 Å². The van der Waals surface area contributed by atoms with Gasteiger partial charge in [-0.1, -0.05) is 30.3 Å². The first kappa shape index (κ1) is 16.1. The molecular formula is C11H11NaO5. The summed E-state index contributed by atoms with van der Waals surface area (Å²) < 4.78 is 4.71. The Hall–Kier alpha value is -0.880. The summed E-state index contributed by atoms with van der Waals surface area (Å²) in [5.74, 6) is -2.46. The van der Waals surface area contributed by atoms with Gasteiger partial charge in [0.25, 0.3) is 0 Å². The molecule has 1 atom stereocenters. The number of carbonyl (C=O) groups is 2. The van der Waals surface area contributed by atoms with E-state index in [1.54, 1.807) is 24.3 Å². The summed E-state index contributed by atoms with van der Waals surface area (Å²) in [7, 11) is 0. The van der Waals surface area contributed by atoms with E-state index in [4.69, 9.17) is 9.84 Å². The van der Waals surface area contributed by atoms with E-state index in [0.29, 0.717) is 0 Å². The molecular weight excluding hydrogens is 235 g/mol. The van der Waals surface area contributed by atoms with Crippen LogP contribution >= 0.6 is 0 Å². The molecule has 0 aromatic heterocycles. The smallest absolute Gasteiger partial charge is 0.550 e. The first-order valence-corrected chi connectivity index (χ1v) is 4.68. The Balaban J connectivity index is 0.00000256. The first-order valence-electron chi connectivity index (χ1n) is 4.68. The molecule has 5 nitrogen and oxygen atoms in total. The van der Waals surface area contributed by atoms with Gasteiger partial charge < -0.3 is 19.7 Å². The van der Waals surface area contributed by atoms with Crippen LogP contribution in [-0.2, 0) is 20.9 Å². The first-order chi connectivity index (χ1) is 7.59. The van der Waals surface area contributed by atoms with Crippen molar-refractivity contribution in [1.29, 1.82) is 0 Å². The number of hydrogen-bond donors (Lipinski definition) is 1. The van der Waals surface area contributed by atoms with Crippen molar-refractivity contribution >= 4 is 11.9 Å². The van der Waals surface area contributed by atoms with Crippen molar-refractivity contribution in [3.05, 3.63) is 35.9 Å². The Bertz CT molecular complexity index is 365. The molecule has 86 valence electrons. The van der Waals surface area contributed by atoms with E-state index in [9.17, 15) is 14.7 Å². The summed E-state index contributed by atoms with van der Waals surface area (Å²) in [5, 5.41) is 19.2. The predicted molar refractivity (Wildman–Crippen MR) is 51.9 cm³/mol. The third-order valence-corrected chi connectivity index (χ3v) is 1.86. The van der Waals surface area contributed by atoms with Crippen LogP contribution < -0.4 is 34.7 Å². The zero-order valence-corrected chi connectivity index (χ0v) is 11.5. The summed E-state index contributed by atoms with van der Waals surface area (Å²) in [6, 6.07) is 8.87. The Morgan fingerprint density at radius 2 is 1.88 bits per heavy atom. The van der Waals surface area contributed by atoms with Crippen LogP contribution in [0.1, 0.15) is 12.0 Å². The monoisotopic (exact) mass is 246 g/mol. The van der Waals surface area contributed by atoms with Gasteiger partial charge in [-0.3, -0.25) is 0 Å². The molecule has 0 unspecified atom stereocenters. The molecule has 0 saturated carbocycles. The maximum Gasteiger partial charge on any atom is 1.00 e. The second-order valence-corrected chi connectivity index (χ2v) is 3.19. The van der Waals surface area contributed by atoms with E-state index in [1.807, 2.05) is 6.07 Å². The molecule has 0 bridgehead atoms. The summed E-state index contributed by atoms with van der Waals surface area (Å²) in [6.45, 7) is 0.00375. The largest absolute Gasteiger partial charge is 1.00 e. The number of esters is 1. The van der Waals surface area contributed by atoms with Crippen LogP contribution in [0.2, 0.25) is 0 Å². The van der Waals surface area contributed by atoms with Crippen molar-refractivity contribution in [2.75, 3.05) is 0 Å². The van der Waals surface area contributed by atoms with Gasteiger partial charge in [0.2, 0.25) is 0 Å². The van der Waals surface area contributed by atoms with E-state index in [-0.39, 0.29) is 36.2 Å². The fraction of sp³-hybridized carbons (Fsp3) is 0.273. The number of aliphatic hydroxyl groups excluding tert-OH is 1. The number of aliphatic carboxylic acids is 1. The number of hydrogen-bond acceptors (Lipinski definition) is 5. The Morgan fingerprint density at radius 1 is 1.29 bits per heavy atom. The van der Waals surface area contributed by atoms with Gasteiger partial charge in [0.1, 0.15) is 6.61 Å². The molecule has 1 aromatic rings. The summed E-state index contributed by atoms with van der Waals surface area (Å²) >= 11 is 0. The topological polar surface area (TPSA) is 86.7 Å². The van der Waals surface area contributed by atoms with Crippen molar-refractivity contribution in [3.63, 3.8) is 0 Å². The number of rotatable bonds is 5. The molecule has 0 aliphatic heterocycles. The molecule has 6 heteroatoms. The average molecular weight is 246 g/mol. The molecule has 0 saturated heterocycles. The summed E-state index contributed by atoms with van der Waals surface area (Å²) in [5.41, 5.74) is 0.761. The van der Waals surface area contributed by atoms with Crippen molar-refractivity contribution in [2.24, 2.45) is 0 Å². The zero-order valence-electron chi connectivity index (χ0n) is 9.46. The molecule has 0 aliphatic rings. The molecule has 1 N–H and O–H groups in total. The van der Waals surface area contributed by atoms with Gasteiger partial charge in [-0.25, -0.2) is 4.79 Å². The molecule has 0 amide bonds. The van der Waals surface area contributed by atoms with E-state index in [0.717, 1.165) is 5.56 Å². The van der Waals surface area contributed by atoms with Crippen LogP contribution in [0.3, 0.4) is 0 Å². The zero-order chi connectivity index (χ0) is 12.0. The Labute approximate surface area is 121 Å². The van der Waals surface area contributed by atoms with E-state index < -0.39 is 24.5 Å². The van der Waals surface area contributed by atoms with Gasteiger partial charge in [0.15, 0.2) is 6.10 Å². The Kier molecular flexibility index (Phi) is 7.82. The van der Waals surface area contributed by atoms with Crippen molar-refractivity contribution in [2.45, 2.75) is 19.1 Å². The SMILES string of the molecule is O=C([O-])C[C@H](O)C(=O)OCc1ccccc1.[Na+]. The maximum absolute atomic E-state index is 11.1. The second-order valence-electron chi connectivity index (χ2n) is 3.19. The molecule has 0 spiro atoms. The van der Waals surface area contributed by atoms with Crippen LogP contribution in [0.4, 0.5) is 0 Å². The molecule has 1 aromatic carbocycles. The normalized spacial score (nSPS) is 11.1. The number of carboxylic acids is 1. The minimum absolute atomic E-state index is 0. The average Bonchev–Trinajstić information content (AvgIpc) is 2.26. The van der Waals surface area contributed by atoms with Gasteiger partial charge in [-0.15, -0.1) is 0 Å². The van der Waals surface area contributed by atoms with Crippen LogP contribution in [0.15, 0.2) is 30.3 Å². The molecule has 0 heterocycles. The van der Waals surface area contributed by atoms with Gasteiger partial charge in [0, 0.05) is 12.4 Å². The number of carboxylic acid groups (broad SMARTS) is 1. The number of aliphatic hydroxyl groups is 1. The fourth-order valence-electron chi connectivity index (χ4n) is 1.07. The van der Waals surface area contributed by atoms with Crippen molar-refractivity contribution in [1.82, 2.24) is 0 Å². The van der Waals surface area contributed by atoms with Gasteiger partial charge >= 0.3 is 35.5 Å². The molecule has 0 radical (unpaired) electrons. The van der Waals surface area contributed by atoms with Crippen LogP contribution in [0.25, 0.3) is 0 Å². The Morgan fingerprint density at radius 3 is 2.41 bits per heavy atom. The van der Waals surface area contributed by atoms with E-state index in [2.05, 4.69) is 0 Å². The fourth-order valence-corrected chi connectivity index (χ4v) is 1.07. The number of carbonyl (C=O) groups excluding carboxylic acids is 2. The molecule has 17 heavy (non-hydrogen) atoms. The van der Waals surface area contributed by atoms with Crippen molar-refractivity contribution < 1.29 is 54.1 Å². The molecule has 0 fully saturated rings. The third-order valence-electron chi connectivity index (χ3n) is 1.86. The minimum atomic E-state index is -1.67. The van der Waals surface area contributed by atoms with E-state index in [1.165, 1.54) is 0 Å². The number of ether oxygens (including phenoxy) is 1. The minimum Gasteiger partial charge on any atom is -0.550 e. The van der Waals surface area contributed by atoms with Crippen LogP contribution in [0, 0.1) is 0 Å². The maximum atomic E-state index is 11.1. The standard InChI is InChI=1S/C11H12O5.Na/c12-9(6-10(13)14)11(15)16-7-8-4-2-1-3-5-8;/h1-5,9,12H,6-7H2,(H,13,14);/q;+1/p-1/t9-;/m0./s1. The van der Waals surface area contributed by atoms with E-state index >= 15 is 0 Å². The molecule has 1 rings (SSSR count). The van der Waals surface area contributed by atoms with Crippen LogP contribution in [-0.4, -0.2) is 23.1 Å². The van der Waals surface area contributed by atoms with Gasteiger partial charge in [-0.2, -0.15) is 0 Å². The summed E-state index contributed by atoms with van der Waals surface area (Å²) in [6.07, 6.45) is -2.43. The number of benzene rings is 1.